The maximum atomic E-state index is 12.3. The molecular weight excluding hydrogens is 420 g/mol. The first kappa shape index (κ1) is 21.8. The molecule has 0 aliphatic heterocycles. The number of amides is 2. The number of hydrogen-bond donors (Lipinski definition) is 2. The summed E-state index contributed by atoms with van der Waals surface area (Å²) >= 11 is 2.52. The molecule has 1 aromatic heterocycles. The Balaban J connectivity index is 1.41. The molecule has 0 fully saturated rings. The van der Waals surface area contributed by atoms with Crippen LogP contribution in [0.3, 0.4) is 0 Å². The number of nitrogens with one attached hydrogen (secondary N) is 2. The number of rotatable bonds is 10. The van der Waals surface area contributed by atoms with Crippen LogP contribution < -0.4 is 15.4 Å². The Bertz CT molecular complexity index is 962. The average molecular weight is 443 g/mol. The van der Waals surface area contributed by atoms with Gasteiger partial charge in [-0.15, -0.1) is 10.2 Å². The largest absolute Gasteiger partial charge is 0.494 e. The van der Waals surface area contributed by atoms with Crippen LogP contribution in [0.2, 0.25) is 0 Å². The quantitative estimate of drug-likeness (QED) is 0.368. The summed E-state index contributed by atoms with van der Waals surface area (Å²) in [5, 5.41) is 14.0. The Kier molecular flexibility index (Phi) is 8.22. The van der Waals surface area contributed by atoms with Crippen LogP contribution in [0.5, 0.6) is 5.75 Å². The summed E-state index contributed by atoms with van der Waals surface area (Å²) in [7, 11) is 0. The Morgan fingerprint density at radius 2 is 1.83 bits per heavy atom. The van der Waals surface area contributed by atoms with E-state index in [9.17, 15) is 9.59 Å². The van der Waals surface area contributed by atoms with Gasteiger partial charge in [-0.3, -0.25) is 14.9 Å². The second-order valence-electron chi connectivity index (χ2n) is 6.16. The van der Waals surface area contributed by atoms with Crippen LogP contribution >= 0.6 is 23.1 Å². The van der Waals surface area contributed by atoms with Crippen LogP contribution in [0.25, 0.3) is 0 Å². The lowest BCUT2D eigenvalue weighted by molar-refractivity contribution is -0.118. The number of hydrogen-bond acceptors (Lipinski definition) is 7. The molecule has 0 saturated carbocycles. The van der Waals surface area contributed by atoms with Gasteiger partial charge in [-0.2, -0.15) is 0 Å². The van der Waals surface area contributed by atoms with Crippen molar-refractivity contribution in [3.63, 3.8) is 0 Å². The fourth-order valence-corrected chi connectivity index (χ4v) is 4.10. The third kappa shape index (κ3) is 6.85. The molecule has 1 heterocycles. The Morgan fingerprint density at radius 3 is 2.57 bits per heavy atom. The summed E-state index contributed by atoms with van der Waals surface area (Å²) in [6, 6.07) is 16.9. The zero-order chi connectivity index (χ0) is 21.2. The summed E-state index contributed by atoms with van der Waals surface area (Å²) in [6.45, 7) is 3.06. The van der Waals surface area contributed by atoms with E-state index in [1.165, 1.54) is 28.7 Å². The molecule has 2 aromatic carbocycles. The number of carbonyl (C=O) groups is 2. The van der Waals surface area contributed by atoms with E-state index >= 15 is 0 Å². The molecule has 2 amide bonds. The lowest BCUT2D eigenvalue weighted by atomic mass is 10.1. The molecule has 3 rings (SSSR count). The van der Waals surface area contributed by atoms with Gasteiger partial charge in [0.2, 0.25) is 11.0 Å². The third-order valence-corrected chi connectivity index (χ3v) is 5.93. The van der Waals surface area contributed by atoms with Crippen molar-refractivity contribution in [2.45, 2.75) is 17.7 Å². The number of benzene rings is 2. The van der Waals surface area contributed by atoms with E-state index in [1.807, 2.05) is 37.3 Å². The van der Waals surface area contributed by atoms with Gasteiger partial charge in [0.15, 0.2) is 4.34 Å². The highest BCUT2D eigenvalue weighted by Crippen LogP contribution is 2.25. The standard InChI is InChI=1S/C21H22N4O3S2/c1-2-28-17-10-8-16(9-11-17)19(27)23-20-24-25-21(30-20)29-14-18(26)22-13-12-15-6-4-3-5-7-15/h3-11H,2,12-14H2,1H3,(H,22,26)(H,23,24,27). The summed E-state index contributed by atoms with van der Waals surface area (Å²) in [4.78, 5) is 24.3. The minimum atomic E-state index is -0.274. The Labute approximate surface area is 183 Å². The smallest absolute Gasteiger partial charge is 0.257 e. The maximum Gasteiger partial charge on any atom is 0.257 e. The van der Waals surface area contributed by atoms with Crippen LogP contribution in [0, 0.1) is 0 Å². The molecule has 9 heteroatoms. The summed E-state index contributed by atoms with van der Waals surface area (Å²) in [5.41, 5.74) is 1.68. The molecule has 0 atom stereocenters. The van der Waals surface area contributed by atoms with Gasteiger partial charge in [0.05, 0.1) is 12.4 Å². The van der Waals surface area contributed by atoms with Crippen LogP contribution in [-0.4, -0.2) is 40.9 Å². The highest BCUT2D eigenvalue weighted by atomic mass is 32.2. The van der Waals surface area contributed by atoms with Gasteiger partial charge < -0.3 is 10.1 Å². The molecule has 0 saturated heterocycles. The lowest BCUT2D eigenvalue weighted by Crippen LogP contribution is -2.27. The van der Waals surface area contributed by atoms with Crippen molar-refractivity contribution < 1.29 is 14.3 Å². The van der Waals surface area contributed by atoms with Gasteiger partial charge in [0.25, 0.3) is 5.91 Å². The first-order valence-corrected chi connectivity index (χ1v) is 11.3. The molecule has 0 aliphatic rings. The van der Waals surface area contributed by atoms with Crippen molar-refractivity contribution in [2.24, 2.45) is 0 Å². The monoisotopic (exact) mass is 442 g/mol. The minimum Gasteiger partial charge on any atom is -0.494 e. The zero-order valence-electron chi connectivity index (χ0n) is 16.5. The van der Waals surface area contributed by atoms with Crippen molar-refractivity contribution in [1.82, 2.24) is 15.5 Å². The number of carbonyl (C=O) groups excluding carboxylic acids is 2. The Hall–Kier alpha value is -2.91. The minimum absolute atomic E-state index is 0.0638. The van der Waals surface area contributed by atoms with Gasteiger partial charge in [-0.1, -0.05) is 53.4 Å². The van der Waals surface area contributed by atoms with Crippen molar-refractivity contribution in [2.75, 3.05) is 24.2 Å². The van der Waals surface area contributed by atoms with Crippen LogP contribution in [0.1, 0.15) is 22.8 Å². The van der Waals surface area contributed by atoms with Crippen LogP contribution in [0.4, 0.5) is 5.13 Å². The van der Waals surface area contributed by atoms with Gasteiger partial charge in [0.1, 0.15) is 5.75 Å². The molecule has 0 unspecified atom stereocenters. The first-order valence-electron chi connectivity index (χ1n) is 9.45. The van der Waals surface area contributed by atoms with Gasteiger partial charge in [-0.25, -0.2) is 0 Å². The van der Waals surface area contributed by atoms with Crippen molar-refractivity contribution in [3.8, 4) is 5.75 Å². The van der Waals surface area contributed by atoms with Gasteiger partial charge in [-0.05, 0) is 43.2 Å². The van der Waals surface area contributed by atoms with Crippen LogP contribution in [-0.2, 0) is 11.2 Å². The highest BCUT2D eigenvalue weighted by Gasteiger charge is 2.12. The maximum absolute atomic E-state index is 12.3. The van der Waals surface area contributed by atoms with Crippen LogP contribution in [0.15, 0.2) is 58.9 Å². The predicted molar refractivity (Wildman–Crippen MR) is 119 cm³/mol. The number of thioether (sulfide) groups is 1. The van der Waals surface area contributed by atoms with E-state index in [-0.39, 0.29) is 17.6 Å². The topological polar surface area (TPSA) is 93.2 Å². The Morgan fingerprint density at radius 1 is 1.07 bits per heavy atom. The molecular formula is C21H22N4O3S2. The lowest BCUT2D eigenvalue weighted by Gasteiger charge is -2.04. The van der Waals surface area contributed by atoms with Crippen molar-refractivity contribution in [3.05, 3.63) is 65.7 Å². The van der Waals surface area contributed by atoms with Gasteiger partial charge in [0, 0.05) is 12.1 Å². The molecule has 156 valence electrons. The first-order chi connectivity index (χ1) is 14.6. The number of aromatic nitrogens is 2. The summed E-state index contributed by atoms with van der Waals surface area (Å²) < 4.78 is 5.99. The number of nitrogens with zero attached hydrogens (tertiary/aromatic N) is 2. The summed E-state index contributed by atoms with van der Waals surface area (Å²) in [6.07, 6.45) is 0.789. The predicted octanol–water partition coefficient (Wildman–Crippen LogP) is 3.64. The number of anilines is 1. The molecule has 2 N–H and O–H groups in total. The highest BCUT2D eigenvalue weighted by molar-refractivity contribution is 8.01. The van der Waals surface area contributed by atoms with Crippen molar-refractivity contribution >= 4 is 40.0 Å². The van der Waals surface area contributed by atoms with E-state index in [0.717, 1.165) is 6.42 Å². The molecule has 3 aromatic rings. The molecule has 7 nitrogen and oxygen atoms in total. The normalized spacial score (nSPS) is 10.4. The zero-order valence-corrected chi connectivity index (χ0v) is 18.1. The van der Waals surface area contributed by atoms with E-state index in [0.29, 0.717) is 33.9 Å². The second-order valence-corrected chi connectivity index (χ2v) is 8.36. The molecule has 0 radical (unpaired) electrons. The molecule has 0 aliphatic carbocycles. The average Bonchev–Trinajstić information content (AvgIpc) is 3.21. The van der Waals surface area contributed by atoms with Gasteiger partial charge >= 0.3 is 0 Å². The fraction of sp³-hybridized carbons (Fsp3) is 0.238. The SMILES string of the molecule is CCOc1ccc(C(=O)Nc2nnc(SCC(=O)NCCc3ccccc3)s2)cc1. The molecule has 30 heavy (non-hydrogen) atoms. The second kappa shape index (κ2) is 11.3. The van der Waals surface area contributed by atoms with E-state index in [1.54, 1.807) is 24.3 Å². The molecule has 0 bridgehead atoms. The van der Waals surface area contributed by atoms with E-state index < -0.39 is 0 Å². The van der Waals surface area contributed by atoms with Crippen molar-refractivity contribution in [1.29, 1.82) is 0 Å². The fourth-order valence-electron chi connectivity index (χ4n) is 2.53. The van der Waals surface area contributed by atoms with E-state index in [2.05, 4.69) is 20.8 Å². The number of ether oxygens (including phenoxy) is 1. The van der Waals surface area contributed by atoms with E-state index in [4.69, 9.17) is 4.74 Å². The molecule has 0 spiro atoms. The third-order valence-electron chi connectivity index (χ3n) is 3.96. The summed E-state index contributed by atoms with van der Waals surface area (Å²) in [5.74, 6) is 0.622.